The summed E-state index contributed by atoms with van der Waals surface area (Å²) < 4.78 is 19.0. The number of amides is 1. The molecule has 0 saturated carbocycles. The first-order valence-electron chi connectivity index (χ1n) is 10.8. The summed E-state index contributed by atoms with van der Waals surface area (Å²) in [6.07, 6.45) is -0.680. The zero-order chi connectivity index (χ0) is 22.7. The first-order chi connectivity index (χ1) is 15.4. The maximum absolute atomic E-state index is 13.3. The van der Waals surface area contributed by atoms with Gasteiger partial charge in [-0.3, -0.25) is 4.79 Å². The molecule has 0 N–H and O–H groups in total. The Morgan fingerprint density at radius 2 is 1.78 bits per heavy atom. The fourth-order valence-electron chi connectivity index (χ4n) is 3.95. The molecule has 32 heavy (non-hydrogen) atoms. The van der Waals surface area contributed by atoms with Crippen molar-refractivity contribution >= 4 is 11.7 Å². The largest absolute Gasteiger partial charge is 0.481 e. The molecule has 0 radical (unpaired) electrons. The number of anilines is 1. The lowest BCUT2D eigenvalue weighted by Crippen LogP contribution is -2.52. The number of carbonyl (C=O) groups excluding carboxylic acids is 1. The summed E-state index contributed by atoms with van der Waals surface area (Å²) in [4.78, 5) is 16.6. The van der Waals surface area contributed by atoms with Crippen molar-refractivity contribution in [1.82, 2.24) is 15.1 Å². The molecule has 1 atom stereocenters. The third kappa shape index (κ3) is 4.88. The number of ether oxygens (including phenoxy) is 1. The van der Waals surface area contributed by atoms with E-state index >= 15 is 0 Å². The molecular formula is C25H27FN4O2. The van der Waals surface area contributed by atoms with E-state index in [1.165, 1.54) is 23.3 Å². The molecule has 0 aliphatic carbocycles. The van der Waals surface area contributed by atoms with Crippen molar-refractivity contribution in [3.05, 3.63) is 71.5 Å². The van der Waals surface area contributed by atoms with Crippen molar-refractivity contribution in [3.63, 3.8) is 0 Å². The van der Waals surface area contributed by atoms with E-state index in [4.69, 9.17) is 4.74 Å². The molecule has 1 aliphatic heterocycles. The van der Waals surface area contributed by atoms with E-state index < -0.39 is 6.10 Å². The number of nitrogens with zero attached hydrogens (tertiary/aromatic N) is 4. The highest BCUT2D eigenvalue weighted by Crippen LogP contribution is 2.24. The monoisotopic (exact) mass is 434 g/mol. The standard InChI is InChI=1S/C25H27FN4O2/c1-17-7-8-22(18(2)15-17)23-9-10-24(28-27-23)29-11-13-30(14-12-29)25(31)19(3)32-21-6-4-5-20(26)16-21/h4-10,15-16,19H,11-14H2,1-3H3. The number of aromatic nitrogens is 2. The number of benzene rings is 2. The van der Waals surface area contributed by atoms with Gasteiger partial charge in [0, 0.05) is 37.8 Å². The van der Waals surface area contributed by atoms with E-state index in [0.29, 0.717) is 31.9 Å². The summed E-state index contributed by atoms with van der Waals surface area (Å²) in [7, 11) is 0. The predicted molar refractivity (Wildman–Crippen MR) is 122 cm³/mol. The van der Waals surface area contributed by atoms with Crippen molar-refractivity contribution in [2.75, 3.05) is 31.1 Å². The van der Waals surface area contributed by atoms with Crippen LogP contribution in [0.5, 0.6) is 5.75 Å². The van der Waals surface area contributed by atoms with Gasteiger partial charge in [-0.25, -0.2) is 4.39 Å². The minimum absolute atomic E-state index is 0.106. The Balaban J connectivity index is 1.34. The van der Waals surface area contributed by atoms with E-state index in [0.717, 1.165) is 17.1 Å². The Hall–Kier alpha value is -3.48. The summed E-state index contributed by atoms with van der Waals surface area (Å²) >= 11 is 0. The molecule has 7 heteroatoms. The molecule has 166 valence electrons. The summed E-state index contributed by atoms with van der Waals surface area (Å²) in [5, 5.41) is 8.85. The number of rotatable bonds is 5. The Kier molecular flexibility index (Phi) is 6.35. The average molecular weight is 435 g/mol. The summed E-state index contributed by atoms with van der Waals surface area (Å²) in [5.41, 5.74) is 4.33. The maximum Gasteiger partial charge on any atom is 0.263 e. The Bertz CT molecular complexity index is 1100. The fourth-order valence-corrected chi connectivity index (χ4v) is 3.95. The minimum atomic E-state index is -0.680. The van der Waals surface area contributed by atoms with Gasteiger partial charge in [-0.05, 0) is 50.6 Å². The van der Waals surface area contributed by atoms with Gasteiger partial charge in [-0.1, -0.05) is 29.8 Å². The van der Waals surface area contributed by atoms with Crippen LogP contribution in [0.1, 0.15) is 18.1 Å². The Morgan fingerprint density at radius 1 is 1.00 bits per heavy atom. The van der Waals surface area contributed by atoms with Crippen LogP contribution >= 0.6 is 0 Å². The molecule has 2 heterocycles. The molecule has 1 unspecified atom stereocenters. The van der Waals surface area contributed by atoms with Gasteiger partial charge >= 0.3 is 0 Å². The molecule has 0 bridgehead atoms. The predicted octanol–water partition coefficient (Wildman–Crippen LogP) is 4.02. The summed E-state index contributed by atoms with van der Waals surface area (Å²) in [5.74, 6) is 0.656. The van der Waals surface area contributed by atoms with Gasteiger partial charge in [0.1, 0.15) is 11.6 Å². The average Bonchev–Trinajstić information content (AvgIpc) is 2.79. The van der Waals surface area contributed by atoms with Crippen LogP contribution < -0.4 is 9.64 Å². The number of halogens is 1. The lowest BCUT2D eigenvalue weighted by Gasteiger charge is -2.36. The van der Waals surface area contributed by atoms with Crippen LogP contribution in [0, 0.1) is 19.7 Å². The van der Waals surface area contributed by atoms with E-state index in [1.54, 1.807) is 24.0 Å². The van der Waals surface area contributed by atoms with Gasteiger partial charge in [0.2, 0.25) is 0 Å². The lowest BCUT2D eigenvalue weighted by molar-refractivity contribution is -0.138. The van der Waals surface area contributed by atoms with E-state index in [9.17, 15) is 9.18 Å². The molecule has 1 saturated heterocycles. The van der Waals surface area contributed by atoms with Crippen LogP contribution in [-0.4, -0.2) is 53.3 Å². The number of aryl methyl sites for hydroxylation is 2. The highest BCUT2D eigenvalue weighted by atomic mass is 19.1. The van der Waals surface area contributed by atoms with Gasteiger partial charge in [-0.2, -0.15) is 0 Å². The molecule has 0 spiro atoms. The van der Waals surface area contributed by atoms with Crippen LogP contribution in [0.4, 0.5) is 10.2 Å². The normalized spacial score (nSPS) is 14.9. The topological polar surface area (TPSA) is 58.6 Å². The summed E-state index contributed by atoms with van der Waals surface area (Å²) in [6, 6.07) is 16.1. The van der Waals surface area contributed by atoms with Crippen LogP contribution in [0.2, 0.25) is 0 Å². The van der Waals surface area contributed by atoms with E-state index in [-0.39, 0.29) is 11.7 Å². The van der Waals surface area contributed by atoms with Crippen molar-refractivity contribution in [1.29, 1.82) is 0 Å². The number of piperazine rings is 1. The van der Waals surface area contributed by atoms with Crippen LogP contribution in [0.25, 0.3) is 11.3 Å². The highest BCUT2D eigenvalue weighted by Gasteiger charge is 2.26. The molecule has 1 aromatic heterocycles. The maximum atomic E-state index is 13.3. The second-order valence-corrected chi connectivity index (χ2v) is 8.12. The summed E-state index contributed by atoms with van der Waals surface area (Å²) in [6.45, 7) is 8.30. The minimum Gasteiger partial charge on any atom is -0.481 e. The van der Waals surface area contributed by atoms with Crippen molar-refractivity contribution in [2.45, 2.75) is 26.9 Å². The molecular weight excluding hydrogens is 407 g/mol. The van der Waals surface area contributed by atoms with Gasteiger partial charge in [-0.15, -0.1) is 10.2 Å². The zero-order valence-electron chi connectivity index (χ0n) is 18.6. The molecule has 6 nitrogen and oxygen atoms in total. The van der Waals surface area contributed by atoms with E-state index in [1.807, 2.05) is 12.1 Å². The van der Waals surface area contributed by atoms with Gasteiger partial charge in [0.25, 0.3) is 5.91 Å². The van der Waals surface area contributed by atoms with Crippen LogP contribution in [-0.2, 0) is 4.79 Å². The number of hydrogen-bond donors (Lipinski definition) is 0. The quantitative estimate of drug-likeness (QED) is 0.607. The smallest absolute Gasteiger partial charge is 0.263 e. The number of carbonyl (C=O) groups is 1. The van der Waals surface area contributed by atoms with Crippen LogP contribution in [0.15, 0.2) is 54.6 Å². The molecule has 1 aliphatic rings. The second-order valence-electron chi connectivity index (χ2n) is 8.12. The lowest BCUT2D eigenvalue weighted by atomic mass is 10.0. The van der Waals surface area contributed by atoms with Crippen molar-refractivity contribution in [2.24, 2.45) is 0 Å². The molecule has 2 aromatic carbocycles. The first kappa shape index (κ1) is 21.7. The molecule has 4 rings (SSSR count). The van der Waals surface area contributed by atoms with Gasteiger partial charge in [0.15, 0.2) is 11.9 Å². The Morgan fingerprint density at radius 3 is 2.44 bits per heavy atom. The SMILES string of the molecule is Cc1ccc(-c2ccc(N3CCN(C(=O)C(C)Oc4cccc(F)c4)CC3)nn2)c(C)c1. The Labute approximate surface area is 187 Å². The zero-order valence-corrected chi connectivity index (χ0v) is 18.6. The third-order valence-electron chi connectivity index (χ3n) is 5.68. The molecule has 1 amide bonds. The fraction of sp³-hybridized carbons (Fsp3) is 0.320. The molecule has 3 aromatic rings. The second kappa shape index (κ2) is 9.34. The van der Waals surface area contributed by atoms with E-state index in [2.05, 4.69) is 47.1 Å². The van der Waals surface area contributed by atoms with Gasteiger partial charge in [0.05, 0.1) is 5.69 Å². The highest BCUT2D eigenvalue weighted by molar-refractivity contribution is 5.81. The third-order valence-corrected chi connectivity index (χ3v) is 5.68. The first-order valence-corrected chi connectivity index (χ1v) is 10.8. The van der Waals surface area contributed by atoms with Gasteiger partial charge < -0.3 is 14.5 Å². The van der Waals surface area contributed by atoms with Crippen molar-refractivity contribution in [3.8, 4) is 17.0 Å². The van der Waals surface area contributed by atoms with Crippen LogP contribution in [0.3, 0.4) is 0 Å². The van der Waals surface area contributed by atoms with Crippen molar-refractivity contribution < 1.29 is 13.9 Å². The molecule has 1 fully saturated rings. The number of hydrogen-bond acceptors (Lipinski definition) is 5.